The van der Waals surface area contributed by atoms with Crippen molar-refractivity contribution in [2.75, 3.05) is 7.11 Å². The Morgan fingerprint density at radius 3 is 2.40 bits per heavy atom. The summed E-state index contributed by atoms with van der Waals surface area (Å²) in [5.74, 6) is -0.769. The number of thiocarbonyl (C=S) groups is 1. The predicted octanol–water partition coefficient (Wildman–Crippen LogP) is 0.472. The maximum absolute atomic E-state index is 10.8. The number of carbonyl (C=O) groups is 1. The van der Waals surface area contributed by atoms with Gasteiger partial charge in [-0.05, 0) is 6.42 Å². The number of esters is 1. The highest BCUT2D eigenvalue weighted by atomic mass is 32.1. The quantitative estimate of drug-likeness (QED) is 0.483. The molecule has 0 rings (SSSR count). The summed E-state index contributed by atoms with van der Waals surface area (Å²) >= 11 is 4.64. The van der Waals surface area contributed by atoms with Gasteiger partial charge in [-0.15, -0.1) is 0 Å². The molecular weight excluding hydrogens is 150 g/mol. The molecule has 58 valence electrons. The highest BCUT2D eigenvalue weighted by molar-refractivity contribution is 7.80. The van der Waals surface area contributed by atoms with Gasteiger partial charge < -0.3 is 10.5 Å². The third-order valence-corrected chi connectivity index (χ3v) is 1.52. The average molecular weight is 161 g/mol. The largest absolute Gasteiger partial charge is 0.468 e. The number of nitrogens with two attached hydrogens (primary N) is 1. The van der Waals surface area contributed by atoms with Gasteiger partial charge in [0.1, 0.15) is 5.92 Å². The lowest BCUT2D eigenvalue weighted by molar-refractivity contribution is -0.143. The van der Waals surface area contributed by atoms with Gasteiger partial charge in [0.05, 0.1) is 12.1 Å². The number of carbonyl (C=O) groups excluding carboxylic acids is 1. The van der Waals surface area contributed by atoms with Gasteiger partial charge in [-0.1, -0.05) is 19.1 Å². The van der Waals surface area contributed by atoms with Crippen LogP contribution in [0.2, 0.25) is 0 Å². The molecule has 0 aliphatic rings. The minimum absolute atomic E-state index is 0.203. The lowest BCUT2D eigenvalue weighted by Crippen LogP contribution is -2.28. The fraction of sp³-hybridized carbons (Fsp3) is 0.667. The van der Waals surface area contributed by atoms with Crippen LogP contribution in [0.4, 0.5) is 0 Å². The van der Waals surface area contributed by atoms with Gasteiger partial charge in [-0.3, -0.25) is 4.79 Å². The van der Waals surface area contributed by atoms with Crippen molar-refractivity contribution in [1.29, 1.82) is 0 Å². The van der Waals surface area contributed by atoms with Crippen LogP contribution in [0.5, 0.6) is 0 Å². The molecular formula is C6H11NO2S. The summed E-state index contributed by atoms with van der Waals surface area (Å²) in [6.07, 6.45) is 0.599. The Kier molecular flexibility index (Phi) is 3.95. The van der Waals surface area contributed by atoms with Crippen LogP contribution in [0.25, 0.3) is 0 Å². The van der Waals surface area contributed by atoms with E-state index in [1.807, 2.05) is 6.92 Å². The van der Waals surface area contributed by atoms with Crippen LogP contribution in [-0.4, -0.2) is 18.1 Å². The second kappa shape index (κ2) is 4.22. The first-order chi connectivity index (χ1) is 4.63. The monoisotopic (exact) mass is 161 g/mol. The normalized spacial score (nSPS) is 12.2. The molecule has 0 fully saturated rings. The van der Waals surface area contributed by atoms with Gasteiger partial charge in [0.25, 0.3) is 0 Å². The van der Waals surface area contributed by atoms with E-state index in [0.29, 0.717) is 6.42 Å². The van der Waals surface area contributed by atoms with E-state index in [9.17, 15) is 4.79 Å². The molecule has 0 aliphatic carbocycles. The van der Waals surface area contributed by atoms with Crippen molar-refractivity contribution in [3.05, 3.63) is 0 Å². The highest BCUT2D eigenvalue weighted by Gasteiger charge is 2.18. The van der Waals surface area contributed by atoms with Crippen molar-refractivity contribution in [1.82, 2.24) is 0 Å². The van der Waals surface area contributed by atoms with E-state index < -0.39 is 5.92 Å². The summed E-state index contributed by atoms with van der Waals surface area (Å²) < 4.78 is 4.46. The van der Waals surface area contributed by atoms with E-state index in [1.54, 1.807) is 0 Å². The Balaban J connectivity index is 4.06. The first kappa shape index (κ1) is 9.36. The van der Waals surface area contributed by atoms with E-state index in [0.717, 1.165) is 0 Å². The summed E-state index contributed by atoms with van der Waals surface area (Å²) in [5.41, 5.74) is 5.25. The zero-order valence-electron chi connectivity index (χ0n) is 6.09. The first-order valence-corrected chi connectivity index (χ1v) is 3.41. The van der Waals surface area contributed by atoms with E-state index >= 15 is 0 Å². The minimum Gasteiger partial charge on any atom is -0.468 e. The van der Waals surface area contributed by atoms with Crippen LogP contribution in [0, 0.1) is 5.92 Å². The van der Waals surface area contributed by atoms with Gasteiger partial charge in [-0.25, -0.2) is 0 Å². The van der Waals surface area contributed by atoms with Crippen molar-refractivity contribution < 1.29 is 9.53 Å². The summed E-state index contributed by atoms with van der Waals surface area (Å²) in [5, 5.41) is 0. The first-order valence-electron chi connectivity index (χ1n) is 3.00. The molecule has 0 bridgehead atoms. The van der Waals surface area contributed by atoms with Crippen LogP contribution >= 0.6 is 12.2 Å². The molecule has 2 N–H and O–H groups in total. The van der Waals surface area contributed by atoms with E-state index in [-0.39, 0.29) is 11.0 Å². The number of hydrogen-bond acceptors (Lipinski definition) is 3. The molecule has 10 heavy (non-hydrogen) atoms. The van der Waals surface area contributed by atoms with Crippen molar-refractivity contribution in [2.24, 2.45) is 11.7 Å². The van der Waals surface area contributed by atoms with Gasteiger partial charge in [-0.2, -0.15) is 0 Å². The molecule has 0 heterocycles. The summed E-state index contributed by atoms with van der Waals surface area (Å²) in [6.45, 7) is 1.83. The number of rotatable bonds is 3. The van der Waals surface area contributed by atoms with Gasteiger partial charge >= 0.3 is 5.97 Å². The van der Waals surface area contributed by atoms with Crippen molar-refractivity contribution in [3.63, 3.8) is 0 Å². The number of ether oxygens (including phenoxy) is 1. The topological polar surface area (TPSA) is 52.3 Å². The smallest absolute Gasteiger partial charge is 0.315 e. The summed E-state index contributed by atoms with van der Waals surface area (Å²) in [7, 11) is 1.32. The van der Waals surface area contributed by atoms with Crippen molar-refractivity contribution in [3.8, 4) is 0 Å². The average Bonchev–Trinajstić information content (AvgIpc) is 1.88. The molecule has 0 spiro atoms. The Labute approximate surface area is 65.5 Å². The van der Waals surface area contributed by atoms with Gasteiger partial charge in [0.2, 0.25) is 0 Å². The lowest BCUT2D eigenvalue weighted by atomic mass is 10.1. The minimum atomic E-state index is -0.417. The Bertz CT molecular complexity index is 147. The number of methoxy groups -OCH3 is 1. The molecule has 0 radical (unpaired) electrons. The second-order valence-electron chi connectivity index (χ2n) is 1.89. The van der Waals surface area contributed by atoms with Crippen LogP contribution in [0.1, 0.15) is 13.3 Å². The summed E-state index contributed by atoms with van der Waals surface area (Å²) in [6, 6.07) is 0. The zero-order chi connectivity index (χ0) is 8.15. The summed E-state index contributed by atoms with van der Waals surface area (Å²) in [4.78, 5) is 11.0. The standard InChI is InChI=1S/C6H11NO2S/c1-3-4(5(7)10)6(8)9-2/h4H,3H2,1-2H3,(H2,7,10). The lowest BCUT2D eigenvalue weighted by Gasteiger charge is -2.08. The van der Waals surface area contributed by atoms with Crippen LogP contribution in [0.15, 0.2) is 0 Å². The van der Waals surface area contributed by atoms with Crippen molar-refractivity contribution >= 4 is 23.2 Å². The fourth-order valence-corrected chi connectivity index (χ4v) is 0.889. The van der Waals surface area contributed by atoms with Crippen LogP contribution in [-0.2, 0) is 9.53 Å². The van der Waals surface area contributed by atoms with Crippen LogP contribution < -0.4 is 5.73 Å². The van der Waals surface area contributed by atoms with Crippen molar-refractivity contribution in [2.45, 2.75) is 13.3 Å². The fourth-order valence-electron chi connectivity index (χ4n) is 0.626. The van der Waals surface area contributed by atoms with E-state index in [1.165, 1.54) is 7.11 Å². The maximum Gasteiger partial charge on any atom is 0.315 e. The van der Waals surface area contributed by atoms with E-state index in [4.69, 9.17) is 5.73 Å². The Morgan fingerprint density at radius 2 is 2.30 bits per heavy atom. The third-order valence-electron chi connectivity index (χ3n) is 1.24. The molecule has 0 amide bonds. The molecule has 1 unspecified atom stereocenters. The SMILES string of the molecule is CCC(C(=O)OC)C(N)=S. The van der Waals surface area contributed by atoms with Crippen LogP contribution in [0.3, 0.4) is 0 Å². The molecule has 0 aromatic carbocycles. The predicted molar refractivity (Wildman–Crippen MR) is 42.6 cm³/mol. The second-order valence-corrected chi connectivity index (χ2v) is 2.36. The number of hydrogen-bond donors (Lipinski definition) is 1. The maximum atomic E-state index is 10.8. The Morgan fingerprint density at radius 1 is 1.80 bits per heavy atom. The molecule has 0 saturated carbocycles. The highest BCUT2D eigenvalue weighted by Crippen LogP contribution is 2.04. The van der Waals surface area contributed by atoms with E-state index in [2.05, 4.69) is 17.0 Å². The van der Waals surface area contributed by atoms with Gasteiger partial charge in [0, 0.05) is 0 Å². The molecule has 4 heteroatoms. The molecule has 3 nitrogen and oxygen atoms in total. The Hall–Kier alpha value is -0.640. The molecule has 0 aromatic rings. The molecule has 0 saturated heterocycles. The molecule has 0 aromatic heterocycles. The zero-order valence-corrected chi connectivity index (χ0v) is 6.90. The molecule has 0 aliphatic heterocycles. The third kappa shape index (κ3) is 2.31. The van der Waals surface area contributed by atoms with Gasteiger partial charge in [0.15, 0.2) is 0 Å². The molecule has 1 atom stereocenters.